The number of amides is 1. The van der Waals surface area contributed by atoms with Crippen molar-refractivity contribution in [1.82, 2.24) is 4.90 Å². The van der Waals surface area contributed by atoms with E-state index in [1.165, 1.54) is 0 Å². The average Bonchev–Trinajstić information content (AvgIpc) is 2.70. The third kappa shape index (κ3) is 1.52. The molecule has 16 heavy (non-hydrogen) atoms. The van der Waals surface area contributed by atoms with Crippen molar-refractivity contribution >= 4 is 21.8 Å². The molecule has 0 radical (unpaired) electrons. The zero-order valence-electron chi connectivity index (χ0n) is 8.78. The van der Waals surface area contributed by atoms with E-state index in [1.807, 2.05) is 23.1 Å². The molecule has 84 valence electrons. The van der Waals surface area contributed by atoms with Gasteiger partial charge in [0.25, 0.3) is 5.91 Å². The van der Waals surface area contributed by atoms with Gasteiger partial charge in [-0.05, 0) is 31.0 Å². The first-order valence-corrected chi connectivity index (χ1v) is 6.28. The highest BCUT2D eigenvalue weighted by Gasteiger charge is 2.34. The number of ether oxygens (including phenoxy) is 1. The lowest BCUT2D eigenvalue weighted by atomic mass is 10.2. The Kier molecular flexibility index (Phi) is 2.39. The van der Waals surface area contributed by atoms with Crippen molar-refractivity contribution in [1.29, 1.82) is 0 Å². The second-order valence-electron chi connectivity index (χ2n) is 4.25. The van der Waals surface area contributed by atoms with Crippen LogP contribution in [0.25, 0.3) is 0 Å². The number of fused-ring (bicyclic) bond motifs is 2. The molecule has 0 spiro atoms. The number of hydrogen-bond donors (Lipinski definition) is 0. The standard InChI is InChI=1S/C12H12BrNO2/c13-8-3-4-11-10(6-8)12(15)14-5-1-2-9(14)7-16-11/h3-4,6,9H,1-2,5,7H2/t9-/m1/s1. The van der Waals surface area contributed by atoms with Crippen molar-refractivity contribution < 1.29 is 9.53 Å². The van der Waals surface area contributed by atoms with Crippen molar-refractivity contribution in [2.45, 2.75) is 18.9 Å². The lowest BCUT2D eigenvalue weighted by Crippen LogP contribution is -2.36. The maximum Gasteiger partial charge on any atom is 0.258 e. The van der Waals surface area contributed by atoms with Crippen LogP contribution in [-0.4, -0.2) is 30.0 Å². The van der Waals surface area contributed by atoms with Gasteiger partial charge in [0, 0.05) is 11.0 Å². The van der Waals surface area contributed by atoms with Gasteiger partial charge >= 0.3 is 0 Å². The summed E-state index contributed by atoms with van der Waals surface area (Å²) in [6, 6.07) is 5.87. The van der Waals surface area contributed by atoms with E-state index in [2.05, 4.69) is 15.9 Å². The SMILES string of the molecule is O=C1c2cc(Br)ccc2OC[C@H]2CCCN12. The highest BCUT2D eigenvalue weighted by molar-refractivity contribution is 9.10. The van der Waals surface area contributed by atoms with Gasteiger partial charge < -0.3 is 9.64 Å². The van der Waals surface area contributed by atoms with Crippen LogP contribution in [0.3, 0.4) is 0 Å². The molecule has 2 aliphatic heterocycles. The molecule has 1 aromatic carbocycles. The third-order valence-corrected chi connectivity index (χ3v) is 3.73. The highest BCUT2D eigenvalue weighted by Crippen LogP contribution is 2.31. The molecule has 0 unspecified atom stereocenters. The molecule has 1 atom stereocenters. The van der Waals surface area contributed by atoms with Crippen LogP contribution in [0.1, 0.15) is 23.2 Å². The highest BCUT2D eigenvalue weighted by atomic mass is 79.9. The monoisotopic (exact) mass is 281 g/mol. The minimum absolute atomic E-state index is 0.108. The summed E-state index contributed by atoms with van der Waals surface area (Å²) in [4.78, 5) is 14.2. The van der Waals surface area contributed by atoms with Gasteiger partial charge in [0.1, 0.15) is 12.4 Å². The van der Waals surface area contributed by atoms with Crippen LogP contribution < -0.4 is 4.74 Å². The van der Waals surface area contributed by atoms with E-state index < -0.39 is 0 Å². The fourth-order valence-electron chi connectivity index (χ4n) is 2.41. The number of halogens is 1. The van der Waals surface area contributed by atoms with Gasteiger partial charge in [-0.3, -0.25) is 4.79 Å². The molecule has 1 saturated heterocycles. The predicted octanol–water partition coefficient (Wildman–Crippen LogP) is 2.45. The first kappa shape index (κ1) is 10.1. The Balaban J connectivity index is 2.06. The molecular formula is C12H12BrNO2. The normalized spacial score (nSPS) is 23.4. The largest absolute Gasteiger partial charge is 0.491 e. The Morgan fingerprint density at radius 1 is 1.44 bits per heavy atom. The molecule has 0 bridgehead atoms. The fourth-order valence-corrected chi connectivity index (χ4v) is 2.77. The molecule has 3 rings (SSSR count). The molecule has 0 saturated carbocycles. The first-order valence-electron chi connectivity index (χ1n) is 5.49. The number of hydrogen-bond acceptors (Lipinski definition) is 2. The van der Waals surface area contributed by atoms with E-state index in [1.54, 1.807) is 0 Å². The van der Waals surface area contributed by atoms with E-state index in [4.69, 9.17) is 4.74 Å². The Bertz CT molecular complexity index is 447. The minimum atomic E-state index is 0.108. The fraction of sp³-hybridized carbons (Fsp3) is 0.417. The van der Waals surface area contributed by atoms with E-state index in [-0.39, 0.29) is 11.9 Å². The molecular weight excluding hydrogens is 270 g/mol. The van der Waals surface area contributed by atoms with Crippen LogP contribution in [0.5, 0.6) is 5.75 Å². The average molecular weight is 282 g/mol. The van der Waals surface area contributed by atoms with Gasteiger partial charge in [0.2, 0.25) is 0 Å². The summed E-state index contributed by atoms with van der Waals surface area (Å²) >= 11 is 3.39. The second-order valence-corrected chi connectivity index (χ2v) is 5.16. The smallest absolute Gasteiger partial charge is 0.258 e. The molecule has 4 heteroatoms. The van der Waals surface area contributed by atoms with Gasteiger partial charge in [-0.1, -0.05) is 15.9 Å². The van der Waals surface area contributed by atoms with Crippen molar-refractivity contribution in [2.75, 3.05) is 13.2 Å². The van der Waals surface area contributed by atoms with Gasteiger partial charge in [-0.15, -0.1) is 0 Å². The Morgan fingerprint density at radius 3 is 3.19 bits per heavy atom. The molecule has 0 N–H and O–H groups in total. The Morgan fingerprint density at radius 2 is 2.31 bits per heavy atom. The molecule has 2 aliphatic rings. The Hall–Kier alpha value is -1.03. The Labute approximate surface area is 103 Å². The summed E-state index contributed by atoms with van der Waals surface area (Å²) in [7, 11) is 0. The summed E-state index contributed by atoms with van der Waals surface area (Å²) in [6.45, 7) is 1.49. The number of nitrogens with zero attached hydrogens (tertiary/aromatic N) is 1. The first-order chi connectivity index (χ1) is 7.75. The maximum atomic E-state index is 12.3. The predicted molar refractivity (Wildman–Crippen MR) is 63.7 cm³/mol. The summed E-state index contributed by atoms with van der Waals surface area (Å²) in [5, 5.41) is 0. The number of benzene rings is 1. The lowest BCUT2D eigenvalue weighted by molar-refractivity contribution is 0.0726. The topological polar surface area (TPSA) is 29.5 Å². The van der Waals surface area contributed by atoms with Crippen LogP contribution in [0.15, 0.2) is 22.7 Å². The van der Waals surface area contributed by atoms with Crippen LogP contribution in [0.2, 0.25) is 0 Å². The van der Waals surface area contributed by atoms with Crippen LogP contribution in [-0.2, 0) is 0 Å². The van der Waals surface area contributed by atoms with Crippen molar-refractivity contribution in [3.05, 3.63) is 28.2 Å². The molecule has 0 aliphatic carbocycles. The number of carbonyl (C=O) groups is 1. The summed E-state index contributed by atoms with van der Waals surface area (Å²) in [6.07, 6.45) is 2.14. The number of carbonyl (C=O) groups excluding carboxylic acids is 1. The number of rotatable bonds is 0. The van der Waals surface area contributed by atoms with Crippen LogP contribution >= 0.6 is 15.9 Å². The van der Waals surface area contributed by atoms with Gasteiger partial charge in [-0.2, -0.15) is 0 Å². The van der Waals surface area contributed by atoms with E-state index in [0.717, 1.165) is 23.9 Å². The quantitative estimate of drug-likeness (QED) is 0.731. The zero-order chi connectivity index (χ0) is 11.1. The van der Waals surface area contributed by atoms with Crippen LogP contribution in [0.4, 0.5) is 0 Å². The van der Waals surface area contributed by atoms with E-state index in [9.17, 15) is 4.79 Å². The molecule has 1 amide bonds. The molecule has 0 aromatic heterocycles. The summed E-state index contributed by atoms with van der Waals surface area (Å²) in [5.74, 6) is 0.818. The van der Waals surface area contributed by atoms with Crippen molar-refractivity contribution in [2.24, 2.45) is 0 Å². The van der Waals surface area contributed by atoms with Gasteiger partial charge in [0.05, 0.1) is 11.6 Å². The van der Waals surface area contributed by atoms with E-state index >= 15 is 0 Å². The molecule has 2 heterocycles. The minimum Gasteiger partial charge on any atom is -0.491 e. The molecule has 1 fully saturated rings. The summed E-state index contributed by atoms with van der Waals surface area (Å²) < 4.78 is 6.62. The second kappa shape index (κ2) is 3.77. The third-order valence-electron chi connectivity index (χ3n) is 3.24. The maximum absolute atomic E-state index is 12.3. The molecule has 1 aromatic rings. The van der Waals surface area contributed by atoms with Crippen LogP contribution in [0, 0.1) is 0 Å². The zero-order valence-corrected chi connectivity index (χ0v) is 10.4. The molecule has 3 nitrogen and oxygen atoms in total. The van der Waals surface area contributed by atoms with Crippen molar-refractivity contribution in [3.8, 4) is 5.75 Å². The summed E-state index contributed by atoms with van der Waals surface area (Å²) in [5.41, 5.74) is 0.679. The van der Waals surface area contributed by atoms with Gasteiger partial charge in [0.15, 0.2) is 0 Å². The van der Waals surface area contributed by atoms with E-state index in [0.29, 0.717) is 17.9 Å². The van der Waals surface area contributed by atoms with Crippen molar-refractivity contribution in [3.63, 3.8) is 0 Å². The van der Waals surface area contributed by atoms with Gasteiger partial charge in [-0.25, -0.2) is 0 Å². The lowest BCUT2D eigenvalue weighted by Gasteiger charge is -2.20.